The lowest BCUT2D eigenvalue weighted by molar-refractivity contribution is -0.124. The monoisotopic (exact) mass is 438 g/mol. The summed E-state index contributed by atoms with van der Waals surface area (Å²) in [5.41, 5.74) is 1.41. The smallest absolute Gasteiger partial charge is 0.276 e. The Kier molecular flexibility index (Phi) is 5.44. The van der Waals surface area contributed by atoms with Gasteiger partial charge in [0.15, 0.2) is 11.2 Å². The third-order valence-corrected chi connectivity index (χ3v) is 7.26. The minimum absolute atomic E-state index is 0.00468. The Hall–Kier alpha value is -2.45. The third-order valence-electron chi connectivity index (χ3n) is 6.16. The van der Waals surface area contributed by atoms with E-state index in [1.54, 1.807) is 0 Å². The van der Waals surface area contributed by atoms with Crippen LogP contribution in [0, 0.1) is 0 Å². The zero-order chi connectivity index (χ0) is 21.4. The highest BCUT2D eigenvalue weighted by molar-refractivity contribution is 8.17. The van der Waals surface area contributed by atoms with Crippen molar-refractivity contribution >= 4 is 34.5 Å². The number of carbonyl (C=O) groups excluding carboxylic acids is 2. The molecular weight excluding hydrogens is 412 g/mol. The van der Waals surface area contributed by atoms with E-state index in [4.69, 9.17) is 4.74 Å². The van der Waals surface area contributed by atoms with E-state index in [2.05, 4.69) is 15.3 Å². The first-order valence-electron chi connectivity index (χ1n) is 10.9. The van der Waals surface area contributed by atoms with Gasteiger partial charge in [0.1, 0.15) is 11.6 Å². The number of hydrogen-bond acceptors (Lipinski definition) is 6. The molecule has 31 heavy (non-hydrogen) atoms. The zero-order valence-corrected chi connectivity index (χ0v) is 18.4. The molecule has 5 rings (SSSR count). The van der Waals surface area contributed by atoms with E-state index in [1.807, 2.05) is 48.2 Å². The summed E-state index contributed by atoms with van der Waals surface area (Å²) >= 11 is 1.50. The maximum Gasteiger partial charge on any atom is 0.276 e. The first-order chi connectivity index (χ1) is 15.1. The van der Waals surface area contributed by atoms with Crippen molar-refractivity contribution in [1.82, 2.24) is 10.2 Å². The fourth-order valence-corrected chi connectivity index (χ4v) is 5.54. The summed E-state index contributed by atoms with van der Waals surface area (Å²) in [6.45, 7) is 3.83. The molecule has 0 spiro atoms. The van der Waals surface area contributed by atoms with Gasteiger partial charge >= 0.3 is 0 Å². The number of amides is 2. The Balaban J connectivity index is 1.27. The molecule has 0 bridgehead atoms. The van der Waals surface area contributed by atoms with Crippen LogP contribution < -0.4 is 5.32 Å². The molecule has 4 aliphatic rings. The number of amidine groups is 1. The minimum Gasteiger partial charge on any atom is -0.369 e. The summed E-state index contributed by atoms with van der Waals surface area (Å²) in [6.07, 6.45) is 5.49. The van der Waals surface area contributed by atoms with Crippen LogP contribution in [0.25, 0.3) is 0 Å². The summed E-state index contributed by atoms with van der Waals surface area (Å²) in [6, 6.07) is 9.06. The van der Waals surface area contributed by atoms with Crippen molar-refractivity contribution < 1.29 is 14.3 Å². The standard InChI is InChI=1S/C23H26N4O3S/c1-2-30-23(10-11-23)18-13-17-19(21(29)25-18)26-22(31-17)27-12-6-9-16(27)20(28)24-14-15-7-4-3-5-8-15/h3-5,7-8,13,16,19H,2,6,9-12,14H2,1H3,(H,24,28)/t16-,19?/m1/s1. The molecule has 1 aromatic rings. The van der Waals surface area contributed by atoms with Gasteiger partial charge in [0.25, 0.3) is 5.91 Å². The quantitative estimate of drug-likeness (QED) is 0.738. The highest BCUT2D eigenvalue weighted by Crippen LogP contribution is 2.45. The second kappa shape index (κ2) is 8.24. The molecule has 3 aliphatic heterocycles. The molecule has 162 valence electrons. The second-order valence-corrected chi connectivity index (χ2v) is 9.32. The van der Waals surface area contributed by atoms with Crippen molar-refractivity contribution in [1.29, 1.82) is 0 Å². The number of carbonyl (C=O) groups is 2. The summed E-state index contributed by atoms with van der Waals surface area (Å²) in [5, 5.41) is 3.80. The molecule has 7 nitrogen and oxygen atoms in total. The molecule has 0 radical (unpaired) electrons. The first-order valence-corrected chi connectivity index (χ1v) is 11.7. The summed E-state index contributed by atoms with van der Waals surface area (Å²) < 4.78 is 5.88. The number of fused-ring (bicyclic) bond motifs is 1. The van der Waals surface area contributed by atoms with Crippen LogP contribution >= 0.6 is 11.8 Å². The number of aliphatic imine (C=N–C) groups is 2. The Labute approximate surface area is 186 Å². The van der Waals surface area contributed by atoms with E-state index in [1.165, 1.54) is 11.8 Å². The number of dihydropyridines is 1. The fraction of sp³-hybridized carbons (Fsp3) is 0.478. The van der Waals surface area contributed by atoms with Crippen molar-refractivity contribution in [3.05, 3.63) is 46.9 Å². The molecule has 1 saturated carbocycles. The van der Waals surface area contributed by atoms with E-state index in [9.17, 15) is 9.59 Å². The van der Waals surface area contributed by atoms with Crippen molar-refractivity contribution in [2.75, 3.05) is 13.2 Å². The lowest BCUT2D eigenvalue weighted by Crippen LogP contribution is -2.44. The molecular formula is C23H26N4O3S. The van der Waals surface area contributed by atoms with E-state index >= 15 is 0 Å². The van der Waals surface area contributed by atoms with Gasteiger partial charge in [0.05, 0.1) is 5.71 Å². The molecule has 1 aliphatic carbocycles. The van der Waals surface area contributed by atoms with E-state index < -0.39 is 6.04 Å². The zero-order valence-electron chi connectivity index (χ0n) is 17.5. The lowest BCUT2D eigenvalue weighted by Gasteiger charge is -2.25. The molecule has 1 saturated heterocycles. The number of rotatable bonds is 6. The van der Waals surface area contributed by atoms with Gasteiger partial charge in [0, 0.05) is 24.6 Å². The van der Waals surface area contributed by atoms with Crippen LogP contribution in [0.1, 0.15) is 38.2 Å². The van der Waals surface area contributed by atoms with Crippen LogP contribution in [0.3, 0.4) is 0 Å². The number of nitrogens with zero attached hydrogens (tertiary/aromatic N) is 3. The molecule has 8 heteroatoms. The normalized spacial score (nSPS) is 26.2. The Morgan fingerprint density at radius 1 is 1.32 bits per heavy atom. The predicted octanol–water partition coefficient (Wildman–Crippen LogP) is 2.67. The van der Waals surface area contributed by atoms with Crippen molar-refractivity contribution in [3.63, 3.8) is 0 Å². The van der Waals surface area contributed by atoms with E-state index in [-0.39, 0.29) is 23.5 Å². The van der Waals surface area contributed by atoms with Gasteiger partial charge in [-0.3, -0.25) is 9.59 Å². The summed E-state index contributed by atoms with van der Waals surface area (Å²) in [5.74, 6) is -0.227. The SMILES string of the molecule is CCOC1(C2=NC(=O)C3N=C(N4CCC[C@@H]4C(=O)NCc4ccccc4)SC3=C2)CC1. The van der Waals surface area contributed by atoms with E-state index in [0.29, 0.717) is 13.2 Å². The number of likely N-dealkylation sites (tertiary alicyclic amines) is 1. The van der Waals surface area contributed by atoms with Crippen LogP contribution in [-0.4, -0.2) is 58.4 Å². The van der Waals surface area contributed by atoms with Gasteiger partial charge in [-0.05, 0) is 44.2 Å². The Bertz CT molecular complexity index is 984. The topological polar surface area (TPSA) is 83.4 Å². The minimum atomic E-state index is -0.574. The van der Waals surface area contributed by atoms with Gasteiger partial charge in [-0.15, -0.1) is 0 Å². The predicted molar refractivity (Wildman–Crippen MR) is 121 cm³/mol. The number of hydrogen-bond donors (Lipinski definition) is 1. The molecule has 2 atom stereocenters. The molecule has 3 heterocycles. The maximum atomic E-state index is 12.9. The number of thioether (sulfide) groups is 1. The van der Waals surface area contributed by atoms with Gasteiger partial charge in [-0.25, -0.2) is 9.98 Å². The maximum absolute atomic E-state index is 12.9. The molecule has 2 fully saturated rings. The summed E-state index contributed by atoms with van der Waals surface area (Å²) in [7, 11) is 0. The van der Waals surface area contributed by atoms with Crippen LogP contribution in [0.4, 0.5) is 0 Å². The molecule has 1 unspecified atom stereocenters. The van der Waals surface area contributed by atoms with Crippen molar-refractivity contribution in [2.45, 2.75) is 56.8 Å². The van der Waals surface area contributed by atoms with Crippen LogP contribution in [0.15, 0.2) is 51.3 Å². The van der Waals surface area contributed by atoms with E-state index in [0.717, 1.165) is 53.6 Å². The molecule has 0 aromatic heterocycles. The fourth-order valence-electron chi connectivity index (χ4n) is 4.40. The lowest BCUT2D eigenvalue weighted by atomic mass is 10.1. The third kappa shape index (κ3) is 3.94. The Morgan fingerprint density at radius 3 is 2.87 bits per heavy atom. The summed E-state index contributed by atoms with van der Waals surface area (Å²) in [4.78, 5) is 37.5. The highest BCUT2D eigenvalue weighted by atomic mass is 32.2. The average molecular weight is 439 g/mol. The number of nitrogens with one attached hydrogen (secondary N) is 1. The number of ether oxygens (including phenoxy) is 1. The van der Waals surface area contributed by atoms with Crippen LogP contribution in [0.2, 0.25) is 0 Å². The molecule has 1 aromatic carbocycles. The number of benzene rings is 1. The van der Waals surface area contributed by atoms with Gasteiger partial charge in [-0.2, -0.15) is 0 Å². The van der Waals surface area contributed by atoms with Crippen molar-refractivity contribution in [3.8, 4) is 0 Å². The van der Waals surface area contributed by atoms with Gasteiger partial charge < -0.3 is 15.0 Å². The molecule has 2 amide bonds. The first kappa shape index (κ1) is 20.5. The van der Waals surface area contributed by atoms with Gasteiger partial charge in [-0.1, -0.05) is 42.1 Å². The van der Waals surface area contributed by atoms with Crippen molar-refractivity contribution in [2.24, 2.45) is 9.98 Å². The van der Waals surface area contributed by atoms with Gasteiger partial charge in [0.2, 0.25) is 5.91 Å². The highest BCUT2D eigenvalue weighted by Gasteiger charge is 2.51. The molecule has 1 N–H and O–H groups in total. The average Bonchev–Trinajstić information content (AvgIpc) is 3.21. The largest absolute Gasteiger partial charge is 0.369 e. The Morgan fingerprint density at radius 2 is 2.13 bits per heavy atom. The second-order valence-electron chi connectivity index (χ2n) is 8.28. The van der Waals surface area contributed by atoms with Crippen LogP contribution in [0.5, 0.6) is 0 Å². The van der Waals surface area contributed by atoms with Crippen LogP contribution in [-0.2, 0) is 20.9 Å².